The van der Waals surface area contributed by atoms with E-state index in [0.29, 0.717) is 28.8 Å². The number of aliphatic hydroxyl groups is 1. The molecule has 118 valence electrons. The van der Waals surface area contributed by atoms with Crippen LogP contribution in [0, 0.1) is 3.57 Å². The highest BCUT2D eigenvalue weighted by atomic mass is 127. The Kier molecular flexibility index (Phi) is 3.24. The molecule has 0 aliphatic carbocycles. The number of ether oxygens (including phenoxy) is 2. The van der Waals surface area contributed by atoms with E-state index in [1.807, 2.05) is 22.6 Å². The summed E-state index contributed by atoms with van der Waals surface area (Å²) in [6.07, 6.45) is 0.0471. The summed E-state index contributed by atoms with van der Waals surface area (Å²) >= 11 is 1.92. The van der Waals surface area contributed by atoms with Gasteiger partial charge in [0.2, 0.25) is 5.43 Å². The number of aromatic nitrogens is 1. The normalized spacial score (nSPS) is 29.3. The number of hydrogen-bond acceptors (Lipinski definition) is 5. The molecule has 0 spiro atoms. The van der Waals surface area contributed by atoms with Crippen LogP contribution in [0.4, 0.5) is 0 Å². The van der Waals surface area contributed by atoms with E-state index in [4.69, 9.17) is 9.47 Å². The fourth-order valence-electron chi connectivity index (χ4n) is 3.72. The highest BCUT2D eigenvalue weighted by Crippen LogP contribution is 2.46. The number of nitrogens with zero attached hydrogens (tertiary/aromatic N) is 2. The topological polar surface area (TPSA) is 81.0 Å². The van der Waals surface area contributed by atoms with Gasteiger partial charge >= 0.3 is 0 Å². The van der Waals surface area contributed by atoms with Crippen LogP contribution in [0.3, 0.4) is 0 Å². The van der Waals surface area contributed by atoms with Crippen molar-refractivity contribution in [1.82, 2.24) is 9.47 Å². The zero-order chi connectivity index (χ0) is 15.6. The van der Waals surface area contributed by atoms with E-state index in [1.54, 1.807) is 9.47 Å². The van der Waals surface area contributed by atoms with Crippen molar-refractivity contribution in [2.75, 3.05) is 20.3 Å². The van der Waals surface area contributed by atoms with Crippen LogP contribution in [0.25, 0.3) is 0 Å². The molecule has 0 radical (unpaired) electrons. The second kappa shape index (κ2) is 4.93. The molecule has 1 N–H and O–H groups in total. The number of pyridine rings is 1. The first-order valence-corrected chi connectivity index (χ1v) is 8.26. The van der Waals surface area contributed by atoms with Crippen molar-refractivity contribution in [3.63, 3.8) is 0 Å². The third kappa shape index (κ3) is 1.68. The van der Waals surface area contributed by atoms with Gasteiger partial charge < -0.3 is 24.0 Å². The van der Waals surface area contributed by atoms with Crippen molar-refractivity contribution in [1.29, 1.82) is 0 Å². The number of carbonyl (C=O) groups is 1. The summed E-state index contributed by atoms with van der Waals surface area (Å²) in [7, 11) is 1.39. The molecule has 4 heterocycles. The summed E-state index contributed by atoms with van der Waals surface area (Å²) in [6.45, 7) is 1.19. The molecular formula is C14H15IN2O5. The molecule has 4 rings (SSSR count). The monoisotopic (exact) mass is 418 g/mol. The Hall–Kier alpha value is -1.13. The van der Waals surface area contributed by atoms with E-state index in [2.05, 4.69) is 0 Å². The molecule has 8 heteroatoms. The molecule has 1 aromatic heterocycles. The lowest BCUT2D eigenvalue weighted by Crippen LogP contribution is -2.55. The van der Waals surface area contributed by atoms with E-state index in [9.17, 15) is 14.7 Å². The first-order chi connectivity index (χ1) is 10.6. The molecule has 3 aliphatic heterocycles. The SMILES string of the molecule is COc1c2n3c(c(I)c1=O)C(O)CC3C1OCCCN1C2=O. The van der Waals surface area contributed by atoms with Crippen molar-refractivity contribution in [3.8, 4) is 5.75 Å². The van der Waals surface area contributed by atoms with Gasteiger partial charge in [0.05, 0.1) is 35.1 Å². The van der Waals surface area contributed by atoms with Crippen LogP contribution < -0.4 is 10.2 Å². The van der Waals surface area contributed by atoms with Gasteiger partial charge in [-0.3, -0.25) is 9.59 Å². The number of hydrogen-bond donors (Lipinski definition) is 1. The van der Waals surface area contributed by atoms with Gasteiger partial charge in [-0.2, -0.15) is 0 Å². The Morgan fingerprint density at radius 3 is 2.91 bits per heavy atom. The van der Waals surface area contributed by atoms with Crippen LogP contribution in [-0.2, 0) is 4.74 Å². The lowest BCUT2D eigenvalue weighted by molar-refractivity contribution is -0.111. The summed E-state index contributed by atoms with van der Waals surface area (Å²) in [4.78, 5) is 27.0. The number of carbonyl (C=O) groups excluding carboxylic acids is 1. The van der Waals surface area contributed by atoms with Gasteiger partial charge in [-0.15, -0.1) is 0 Å². The summed E-state index contributed by atoms with van der Waals surface area (Å²) in [5.74, 6) is -0.206. The van der Waals surface area contributed by atoms with Gasteiger partial charge in [0.15, 0.2) is 17.7 Å². The van der Waals surface area contributed by atoms with Crippen molar-refractivity contribution in [3.05, 3.63) is 25.2 Å². The highest BCUT2D eigenvalue weighted by molar-refractivity contribution is 14.1. The molecule has 22 heavy (non-hydrogen) atoms. The Balaban J connectivity index is 2.05. The number of methoxy groups -OCH3 is 1. The molecule has 0 saturated carbocycles. The van der Waals surface area contributed by atoms with E-state index in [0.717, 1.165) is 6.42 Å². The van der Waals surface area contributed by atoms with Crippen LogP contribution in [0.5, 0.6) is 5.75 Å². The Morgan fingerprint density at radius 2 is 2.18 bits per heavy atom. The third-order valence-electron chi connectivity index (χ3n) is 4.59. The lowest BCUT2D eigenvalue weighted by Gasteiger charge is -2.44. The van der Waals surface area contributed by atoms with Gasteiger partial charge in [-0.1, -0.05) is 0 Å². The first-order valence-electron chi connectivity index (χ1n) is 7.18. The van der Waals surface area contributed by atoms with E-state index in [-0.39, 0.29) is 35.0 Å². The van der Waals surface area contributed by atoms with Gasteiger partial charge in [0, 0.05) is 13.0 Å². The third-order valence-corrected chi connectivity index (χ3v) is 5.64. The molecule has 1 amide bonds. The smallest absolute Gasteiger partial charge is 0.276 e. The van der Waals surface area contributed by atoms with Crippen LogP contribution in [0.15, 0.2) is 4.79 Å². The summed E-state index contributed by atoms with van der Waals surface area (Å²) in [6, 6.07) is -0.180. The standard InChI is InChI=1S/C14H15IN2O5/c1-21-12-10-13(20)16-3-2-4-22-14(16)6-5-7(18)9(17(6)10)8(15)11(12)19/h6-7,14,18H,2-5H2,1H3. The van der Waals surface area contributed by atoms with Crippen LogP contribution in [0.1, 0.15) is 41.2 Å². The lowest BCUT2D eigenvalue weighted by atomic mass is 10.1. The molecule has 1 saturated heterocycles. The molecule has 7 nitrogen and oxygen atoms in total. The second-order valence-electron chi connectivity index (χ2n) is 5.71. The maximum absolute atomic E-state index is 12.8. The van der Waals surface area contributed by atoms with Gasteiger partial charge in [-0.05, 0) is 29.0 Å². The molecule has 3 aliphatic rings. The average Bonchev–Trinajstić information content (AvgIpc) is 2.87. The number of halogens is 1. The molecule has 0 bridgehead atoms. The second-order valence-corrected chi connectivity index (χ2v) is 6.79. The van der Waals surface area contributed by atoms with Crippen molar-refractivity contribution in [2.24, 2.45) is 0 Å². The molecule has 0 aromatic carbocycles. The maximum atomic E-state index is 12.8. The average molecular weight is 418 g/mol. The van der Waals surface area contributed by atoms with Crippen LogP contribution in [-0.4, -0.2) is 47.0 Å². The molecule has 3 atom stereocenters. The van der Waals surface area contributed by atoms with Gasteiger partial charge in [-0.25, -0.2) is 0 Å². The zero-order valence-electron chi connectivity index (χ0n) is 11.9. The first kappa shape index (κ1) is 14.5. The fraction of sp³-hybridized carbons (Fsp3) is 0.571. The Morgan fingerprint density at radius 1 is 1.41 bits per heavy atom. The van der Waals surface area contributed by atoms with Crippen molar-refractivity contribution < 1.29 is 19.4 Å². The predicted octanol–water partition coefficient (Wildman–Crippen LogP) is 0.642. The van der Waals surface area contributed by atoms with Gasteiger partial charge in [0.25, 0.3) is 5.91 Å². The van der Waals surface area contributed by atoms with Crippen molar-refractivity contribution >= 4 is 28.5 Å². The molecular weight excluding hydrogens is 403 g/mol. The van der Waals surface area contributed by atoms with Crippen LogP contribution in [0.2, 0.25) is 0 Å². The minimum atomic E-state index is -0.771. The maximum Gasteiger partial charge on any atom is 0.276 e. The Bertz CT molecular complexity index is 731. The molecule has 3 unspecified atom stereocenters. The molecule has 1 fully saturated rings. The highest BCUT2D eigenvalue weighted by Gasteiger charge is 2.49. The predicted molar refractivity (Wildman–Crippen MR) is 84.0 cm³/mol. The fourth-order valence-corrected chi connectivity index (χ4v) is 4.58. The number of amides is 1. The quantitative estimate of drug-likeness (QED) is 0.678. The number of aliphatic hydroxyl groups excluding tert-OH is 1. The summed E-state index contributed by atoms with van der Waals surface area (Å²) in [5, 5.41) is 10.4. The zero-order valence-corrected chi connectivity index (χ0v) is 14.1. The minimum absolute atomic E-state index is 0.0567. The summed E-state index contributed by atoms with van der Waals surface area (Å²) < 4.78 is 13.2. The number of fused-ring (bicyclic) bond motifs is 2. The van der Waals surface area contributed by atoms with Crippen molar-refractivity contribution in [2.45, 2.75) is 31.2 Å². The van der Waals surface area contributed by atoms with E-state index >= 15 is 0 Å². The summed E-state index contributed by atoms with van der Waals surface area (Å²) in [5.41, 5.74) is 0.411. The molecule has 1 aromatic rings. The van der Waals surface area contributed by atoms with Crippen LogP contribution >= 0.6 is 22.6 Å². The number of rotatable bonds is 1. The minimum Gasteiger partial charge on any atom is -0.491 e. The van der Waals surface area contributed by atoms with E-state index < -0.39 is 6.10 Å². The van der Waals surface area contributed by atoms with E-state index in [1.165, 1.54) is 7.11 Å². The van der Waals surface area contributed by atoms with Gasteiger partial charge in [0.1, 0.15) is 0 Å². The largest absolute Gasteiger partial charge is 0.491 e. The Labute approximate surface area is 139 Å².